The Morgan fingerprint density at radius 2 is 2.10 bits per heavy atom. The third-order valence-electron chi connectivity index (χ3n) is 3.52. The Labute approximate surface area is 119 Å². The van der Waals surface area contributed by atoms with Gasteiger partial charge in [0.1, 0.15) is 5.82 Å². The number of hydrogen-bond acceptors (Lipinski definition) is 2. The van der Waals surface area contributed by atoms with Gasteiger partial charge < -0.3 is 10.4 Å². The summed E-state index contributed by atoms with van der Waals surface area (Å²) in [6.07, 6.45) is 2.59. The van der Waals surface area contributed by atoms with E-state index in [-0.39, 0.29) is 18.3 Å². The Morgan fingerprint density at radius 3 is 2.65 bits per heavy atom. The van der Waals surface area contributed by atoms with Gasteiger partial charge in [-0.3, -0.25) is 4.79 Å². The molecule has 1 aromatic carbocycles. The van der Waals surface area contributed by atoms with Crippen LogP contribution in [0.25, 0.3) is 5.57 Å². The smallest absolute Gasteiger partial charge is 0.244 e. The van der Waals surface area contributed by atoms with Crippen molar-refractivity contribution in [2.45, 2.75) is 39.2 Å². The number of benzene rings is 1. The van der Waals surface area contributed by atoms with Crippen molar-refractivity contribution < 1.29 is 14.3 Å². The Morgan fingerprint density at radius 1 is 1.45 bits per heavy atom. The molecule has 0 saturated heterocycles. The number of amides is 1. The summed E-state index contributed by atoms with van der Waals surface area (Å²) in [6.45, 7) is 5.55. The third-order valence-corrected chi connectivity index (χ3v) is 3.52. The topological polar surface area (TPSA) is 49.3 Å². The molecule has 0 aliphatic heterocycles. The van der Waals surface area contributed by atoms with Crippen molar-refractivity contribution in [2.75, 3.05) is 6.61 Å². The molecule has 4 heteroatoms. The van der Waals surface area contributed by atoms with Crippen molar-refractivity contribution in [3.05, 3.63) is 41.7 Å². The van der Waals surface area contributed by atoms with Crippen molar-refractivity contribution in [1.82, 2.24) is 5.32 Å². The second-order valence-electron chi connectivity index (χ2n) is 5.18. The highest BCUT2D eigenvalue weighted by Gasteiger charge is 2.22. The average molecular weight is 279 g/mol. The second kappa shape index (κ2) is 7.20. The summed E-state index contributed by atoms with van der Waals surface area (Å²) in [4.78, 5) is 12.0. The maximum atomic E-state index is 13.6. The molecule has 1 atom stereocenters. The van der Waals surface area contributed by atoms with Gasteiger partial charge in [-0.1, -0.05) is 25.1 Å². The van der Waals surface area contributed by atoms with E-state index < -0.39 is 5.54 Å². The molecule has 0 saturated carbocycles. The molecule has 1 aromatic rings. The van der Waals surface area contributed by atoms with E-state index in [0.717, 1.165) is 0 Å². The fourth-order valence-corrected chi connectivity index (χ4v) is 1.96. The first-order valence-electron chi connectivity index (χ1n) is 6.78. The zero-order valence-corrected chi connectivity index (χ0v) is 12.2. The molecule has 110 valence electrons. The lowest BCUT2D eigenvalue weighted by Crippen LogP contribution is -2.45. The van der Waals surface area contributed by atoms with Crippen LogP contribution in [0.15, 0.2) is 30.3 Å². The first kappa shape index (κ1) is 16.4. The van der Waals surface area contributed by atoms with E-state index in [1.807, 2.05) is 13.8 Å². The van der Waals surface area contributed by atoms with E-state index in [1.54, 1.807) is 25.1 Å². The molecule has 1 amide bonds. The van der Waals surface area contributed by atoms with Gasteiger partial charge >= 0.3 is 0 Å². The van der Waals surface area contributed by atoms with Crippen molar-refractivity contribution in [2.24, 2.45) is 0 Å². The standard InChI is InChI=1S/C16H22FNO2/c1-4-16(3,9-10-19)18-15(20)11-12(2)13-7-5-6-8-14(13)17/h5-8,11,19H,4,9-10H2,1-3H3,(H,18,20)/b12-11-. The molecule has 1 rings (SSSR count). The van der Waals surface area contributed by atoms with Crippen LogP contribution in [0.4, 0.5) is 4.39 Å². The van der Waals surface area contributed by atoms with Gasteiger partial charge in [0, 0.05) is 23.8 Å². The summed E-state index contributed by atoms with van der Waals surface area (Å²) in [6, 6.07) is 6.35. The highest BCUT2D eigenvalue weighted by atomic mass is 19.1. The number of rotatable bonds is 6. The minimum Gasteiger partial charge on any atom is -0.396 e. The van der Waals surface area contributed by atoms with Crippen LogP contribution in [0.5, 0.6) is 0 Å². The number of allylic oxidation sites excluding steroid dienone is 1. The van der Waals surface area contributed by atoms with E-state index in [4.69, 9.17) is 5.11 Å². The van der Waals surface area contributed by atoms with Gasteiger partial charge in [-0.15, -0.1) is 0 Å². The van der Waals surface area contributed by atoms with E-state index in [1.165, 1.54) is 12.1 Å². The van der Waals surface area contributed by atoms with Crippen LogP contribution in [-0.4, -0.2) is 23.2 Å². The van der Waals surface area contributed by atoms with Crippen LogP contribution in [0.1, 0.15) is 39.2 Å². The zero-order chi connectivity index (χ0) is 15.2. The van der Waals surface area contributed by atoms with E-state index in [2.05, 4.69) is 5.32 Å². The second-order valence-corrected chi connectivity index (χ2v) is 5.18. The van der Waals surface area contributed by atoms with Gasteiger partial charge in [0.15, 0.2) is 0 Å². The predicted molar refractivity (Wildman–Crippen MR) is 78.6 cm³/mol. The molecule has 0 fully saturated rings. The van der Waals surface area contributed by atoms with Gasteiger partial charge in [0.05, 0.1) is 0 Å². The van der Waals surface area contributed by atoms with E-state index in [0.29, 0.717) is 24.0 Å². The maximum Gasteiger partial charge on any atom is 0.244 e. The molecule has 0 bridgehead atoms. The first-order valence-corrected chi connectivity index (χ1v) is 6.78. The van der Waals surface area contributed by atoms with Gasteiger partial charge in [-0.2, -0.15) is 0 Å². The van der Waals surface area contributed by atoms with Crippen LogP contribution >= 0.6 is 0 Å². The van der Waals surface area contributed by atoms with Crippen molar-refractivity contribution in [3.8, 4) is 0 Å². The maximum absolute atomic E-state index is 13.6. The van der Waals surface area contributed by atoms with E-state index in [9.17, 15) is 9.18 Å². The molecule has 2 N–H and O–H groups in total. The Balaban J connectivity index is 2.83. The van der Waals surface area contributed by atoms with Gasteiger partial charge in [-0.25, -0.2) is 4.39 Å². The predicted octanol–water partition coefficient (Wildman–Crippen LogP) is 2.90. The zero-order valence-electron chi connectivity index (χ0n) is 12.2. The number of nitrogens with one attached hydrogen (secondary N) is 1. The summed E-state index contributed by atoms with van der Waals surface area (Å²) in [5.41, 5.74) is 0.545. The molecule has 0 aliphatic carbocycles. The van der Waals surface area contributed by atoms with Gasteiger partial charge in [0.2, 0.25) is 5.91 Å². The number of halogens is 1. The third kappa shape index (κ3) is 4.46. The number of aliphatic hydroxyl groups excluding tert-OH is 1. The summed E-state index contributed by atoms with van der Waals surface area (Å²) in [5, 5.41) is 11.9. The lowest BCUT2D eigenvalue weighted by molar-refractivity contribution is -0.118. The minimum absolute atomic E-state index is 0.0145. The Bertz CT molecular complexity index is 499. The van der Waals surface area contributed by atoms with Crippen LogP contribution in [0.2, 0.25) is 0 Å². The highest BCUT2D eigenvalue weighted by molar-refractivity contribution is 5.95. The number of carbonyl (C=O) groups excluding carboxylic acids is 1. The molecular formula is C16H22FNO2. The molecule has 1 unspecified atom stereocenters. The van der Waals surface area contributed by atoms with Gasteiger partial charge in [-0.05, 0) is 38.3 Å². The van der Waals surface area contributed by atoms with Crippen molar-refractivity contribution >= 4 is 11.5 Å². The number of carbonyl (C=O) groups is 1. The van der Waals surface area contributed by atoms with Gasteiger partial charge in [0.25, 0.3) is 0 Å². The number of hydrogen-bond donors (Lipinski definition) is 2. The summed E-state index contributed by atoms with van der Waals surface area (Å²) in [7, 11) is 0. The van der Waals surface area contributed by atoms with Crippen molar-refractivity contribution in [3.63, 3.8) is 0 Å². The molecule has 0 radical (unpaired) electrons. The molecular weight excluding hydrogens is 257 g/mol. The quantitative estimate of drug-likeness (QED) is 0.787. The monoisotopic (exact) mass is 279 g/mol. The molecule has 0 aromatic heterocycles. The SMILES string of the molecule is CCC(C)(CCO)NC(=O)/C=C(/C)c1ccccc1F. The highest BCUT2D eigenvalue weighted by Crippen LogP contribution is 2.18. The molecule has 0 aliphatic rings. The Kier molecular flexibility index (Phi) is 5.89. The van der Waals surface area contributed by atoms with Crippen LogP contribution < -0.4 is 5.32 Å². The molecule has 0 spiro atoms. The Hall–Kier alpha value is -1.68. The molecule has 3 nitrogen and oxygen atoms in total. The van der Waals surface area contributed by atoms with Crippen LogP contribution in [0.3, 0.4) is 0 Å². The fourth-order valence-electron chi connectivity index (χ4n) is 1.96. The minimum atomic E-state index is -0.447. The summed E-state index contributed by atoms with van der Waals surface area (Å²) >= 11 is 0. The number of aliphatic hydroxyl groups is 1. The van der Waals surface area contributed by atoms with Crippen molar-refractivity contribution in [1.29, 1.82) is 0 Å². The first-order chi connectivity index (χ1) is 9.41. The fraction of sp³-hybridized carbons (Fsp3) is 0.438. The lowest BCUT2D eigenvalue weighted by atomic mass is 9.94. The summed E-state index contributed by atoms with van der Waals surface area (Å²) < 4.78 is 13.6. The van der Waals surface area contributed by atoms with Crippen LogP contribution in [0, 0.1) is 5.82 Å². The molecule has 0 heterocycles. The summed E-state index contributed by atoms with van der Waals surface area (Å²) in [5.74, 6) is -0.619. The lowest BCUT2D eigenvalue weighted by Gasteiger charge is -2.28. The molecule has 20 heavy (non-hydrogen) atoms. The average Bonchev–Trinajstić information content (AvgIpc) is 2.39. The normalized spacial score (nSPS) is 14.8. The largest absolute Gasteiger partial charge is 0.396 e. The van der Waals surface area contributed by atoms with E-state index >= 15 is 0 Å². The van der Waals surface area contributed by atoms with Crippen LogP contribution in [-0.2, 0) is 4.79 Å².